The van der Waals surface area contributed by atoms with Crippen LogP contribution in [-0.2, 0) is 5.75 Å². The van der Waals surface area contributed by atoms with Crippen molar-refractivity contribution in [3.8, 4) is 5.75 Å². The van der Waals surface area contributed by atoms with Gasteiger partial charge in [-0.2, -0.15) is 9.78 Å². The van der Waals surface area contributed by atoms with Gasteiger partial charge in [-0.1, -0.05) is 54.9 Å². The topological polar surface area (TPSA) is 52.3 Å². The molecule has 6 heteroatoms. The molecule has 0 amide bonds. The standard InChI is InChI=1S/C21H24N4OS/c1-3-4-13-26-20-11-9-18(10-12-20)14-23-25-16-22-24-21(25)27-15-19-7-5-17(2)6-8-19/h5-12,14,16H,3-4,13,15H2,1-2H3/b23-14-. The highest BCUT2D eigenvalue weighted by atomic mass is 32.2. The predicted molar refractivity (Wildman–Crippen MR) is 111 cm³/mol. The number of benzene rings is 2. The molecule has 0 radical (unpaired) electrons. The Bertz CT molecular complexity index is 857. The van der Waals surface area contributed by atoms with E-state index in [1.165, 1.54) is 11.1 Å². The van der Waals surface area contributed by atoms with Gasteiger partial charge < -0.3 is 4.74 Å². The average molecular weight is 381 g/mol. The Labute approximate surface area is 164 Å². The van der Waals surface area contributed by atoms with E-state index in [0.717, 1.165) is 41.7 Å². The maximum atomic E-state index is 5.68. The van der Waals surface area contributed by atoms with E-state index in [0.29, 0.717) is 0 Å². The van der Waals surface area contributed by atoms with Crippen LogP contribution in [0.3, 0.4) is 0 Å². The van der Waals surface area contributed by atoms with Crippen LogP contribution in [0.15, 0.2) is 65.1 Å². The van der Waals surface area contributed by atoms with E-state index in [2.05, 4.69) is 53.4 Å². The van der Waals surface area contributed by atoms with E-state index < -0.39 is 0 Å². The molecule has 0 aliphatic heterocycles. The van der Waals surface area contributed by atoms with Crippen molar-refractivity contribution in [2.24, 2.45) is 5.10 Å². The summed E-state index contributed by atoms with van der Waals surface area (Å²) in [6.45, 7) is 5.00. The number of nitrogens with zero attached hydrogens (tertiary/aromatic N) is 4. The SMILES string of the molecule is CCCCOc1ccc(/C=N\n2cnnc2SCc2ccc(C)cc2)cc1. The first-order chi connectivity index (χ1) is 13.2. The Morgan fingerprint density at radius 2 is 1.89 bits per heavy atom. The first-order valence-electron chi connectivity index (χ1n) is 9.10. The van der Waals surface area contributed by atoms with Crippen LogP contribution in [0.5, 0.6) is 5.75 Å². The molecule has 0 aliphatic rings. The van der Waals surface area contributed by atoms with Gasteiger partial charge in [-0.15, -0.1) is 10.2 Å². The van der Waals surface area contributed by atoms with Crippen LogP contribution >= 0.6 is 11.8 Å². The van der Waals surface area contributed by atoms with E-state index >= 15 is 0 Å². The summed E-state index contributed by atoms with van der Waals surface area (Å²) >= 11 is 1.62. The molecule has 27 heavy (non-hydrogen) atoms. The summed E-state index contributed by atoms with van der Waals surface area (Å²) in [5.41, 5.74) is 3.52. The van der Waals surface area contributed by atoms with Crippen molar-refractivity contribution < 1.29 is 4.74 Å². The van der Waals surface area contributed by atoms with Crippen LogP contribution in [0.4, 0.5) is 0 Å². The lowest BCUT2D eigenvalue weighted by molar-refractivity contribution is 0.309. The van der Waals surface area contributed by atoms with Crippen molar-refractivity contribution in [3.63, 3.8) is 0 Å². The van der Waals surface area contributed by atoms with Gasteiger partial charge in [0, 0.05) is 5.75 Å². The smallest absolute Gasteiger partial charge is 0.212 e. The first kappa shape index (κ1) is 19.2. The van der Waals surface area contributed by atoms with Crippen molar-refractivity contribution in [1.29, 1.82) is 0 Å². The van der Waals surface area contributed by atoms with Gasteiger partial charge in [0.25, 0.3) is 0 Å². The molecule has 0 atom stereocenters. The maximum absolute atomic E-state index is 5.68. The third-order valence-corrected chi connectivity index (χ3v) is 4.97. The molecule has 0 unspecified atom stereocenters. The highest BCUT2D eigenvalue weighted by Crippen LogP contribution is 2.21. The average Bonchev–Trinajstić information content (AvgIpc) is 3.14. The number of rotatable bonds is 9. The summed E-state index contributed by atoms with van der Waals surface area (Å²) in [5, 5.41) is 13.4. The molecule has 3 aromatic rings. The Kier molecular flexibility index (Phi) is 7.04. The van der Waals surface area contributed by atoms with Crippen molar-refractivity contribution in [2.45, 2.75) is 37.6 Å². The van der Waals surface area contributed by atoms with E-state index in [-0.39, 0.29) is 0 Å². The first-order valence-corrected chi connectivity index (χ1v) is 10.1. The Hall–Kier alpha value is -2.60. The highest BCUT2D eigenvalue weighted by Gasteiger charge is 2.04. The zero-order valence-electron chi connectivity index (χ0n) is 15.7. The second-order valence-electron chi connectivity index (χ2n) is 6.25. The minimum absolute atomic E-state index is 0.756. The second kappa shape index (κ2) is 9.92. The van der Waals surface area contributed by atoms with Crippen LogP contribution in [0.1, 0.15) is 36.5 Å². The van der Waals surface area contributed by atoms with Crippen LogP contribution in [0.25, 0.3) is 0 Å². The molecule has 0 spiro atoms. The van der Waals surface area contributed by atoms with E-state index in [9.17, 15) is 0 Å². The number of ether oxygens (including phenoxy) is 1. The summed E-state index contributed by atoms with van der Waals surface area (Å²) in [7, 11) is 0. The van der Waals surface area contributed by atoms with Gasteiger partial charge in [0.15, 0.2) is 0 Å². The minimum atomic E-state index is 0.756. The van der Waals surface area contributed by atoms with Gasteiger partial charge in [0.05, 0.1) is 12.8 Å². The number of hydrogen-bond donors (Lipinski definition) is 0. The summed E-state index contributed by atoms with van der Waals surface area (Å²) in [4.78, 5) is 0. The molecule has 0 saturated carbocycles. The fraction of sp³-hybridized carbons (Fsp3) is 0.286. The molecular formula is C21H24N4OS. The van der Waals surface area contributed by atoms with Gasteiger partial charge in [0.1, 0.15) is 12.1 Å². The third kappa shape index (κ3) is 5.96. The lowest BCUT2D eigenvalue weighted by Gasteiger charge is -2.05. The van der Waals surface area contributed by atoms with Gasteiger partial charge in [0.2, 0.25) is 5.16 Å². The van der Waals surface area contributed by atoms with Crippen LogP contribution in [0.2, 0.25) is 0 Å². The summed E-state index contributed by atoms with van der Waals surface area (Å²) in [5.74, 6) is 1.72. The van der Waals surface area contributed by atoms with Gasteiger partial charge in [-0.05, 0) is 48.7 Å². The normalized spacial score (nSPS) is 11.2. The fourth-order valence-corrected chi connectivity index (χ4v) is 3.16. The number of aryl methyl sites for hydroxylation is 1. The molecule has 2 aromatic carbocycles. The molecule has 140 valence electrons. The third-order valence-electron chi connectivity index (χ3n) is 3.97. The number of aromatic nitrogens is 3. The molecule has 0 bridgehead atoms. The van der Waals surface area contributed by atoms with Gasteiger partial charge in [-0.3, -0.25) is 0 Å². The zero-order chi connectivity index (χ0) is 18.9. The Morgan fingerprint density at radius 1 is 1.11 bits per heavy atom. The van der Waals surface area contributed by atoms with Gasteiger partial charge >= 0.3 is 0 Å². The van der Waals surface area contributed by atoms with Crippen molar-refractivity contribution in [1.82, 2.24) is 14.9 Å². The van der Waals surface area contributed by atoms with Crippen LogP contribution in [-0.4, -0.2) is 27.7 Å². The summed E-state index contributed by atoms with van der Waals surface area (Å²) in [6.07, 6.45) is 5.62. The zero-order valence-corrected chi connectivity index (χ0v) is 16.5. The molecule has 5 nitrogen and oxygen atoms in total. The van der Waals surface area contributed by atoms with E-state index in [4.69, 9.17) is 4.74 Å². The predicted octanol–water partition coefficient (Wildman–Crippen LogP) is 4.94. The minimum Gasteiger partial charge on any atom is -0.494 e. The highest BCUT2D eigenvalue weighted by molar-refractivity contribution is 7.98. The second-order valence-corrected chi connectivity index (χ2v) is 7.19. The monoisotopic (exact) mass is 380 g/mol. The van der Waals surface area contributed by atoms with Crippen molar-refractivity contribution >= 4 is 18.0 Å². The molecule has 1 heterocycles. The number of hydrogen-bond acceptors (Lipinski definition) is 5. The number of thioether (sulfide) groups is 1. The lowest BCUT2D eigenvalue weighted by Crippen LogP contribution is -1.96. The Balaban J connectivity index is 1.57. The van der Waals surface area contributed by atoms with Gasteiger partial charge in [-0.25, -0.2) is 0 Å². The molecule has 0 N–H and O–H groups in total. The largest absolute Gasteiger partial charge is 0.494 e. The molecule has 3 rings (SSSR count). The van der Waals surface area contributed by atoms with Crippen LogP contribution < -0.4 is 4.74 Å². The van der Waals surface area contributed by atoms with Crippen LogP contribution in [0, 0.1) is 6.92 Å². The molecule has 1 aromatic heterocycles. The molecule has 0 saturated heterocycles. The molecule has 0 fully saturated rings. The van der Waals surface area contributed by atoms with E-state index in [1.807, 2.05) is 24.3 Å². The Morgan fingerprint density at radius 3 is 2.63 bits per heavy atom. The van der Waals surface area contributed by atoms with E-state index in [1.54, 1.807) is 29.0 Å². The molecule has 0 aliphatic carbocycles. The fourth-order valence-electron chi connectivity index (χ4n) is 2.34. The maximum Gasteiger partial charge on any atom is 0.212 e. The number of unbranched alkanes of at least 4 members (excludes halogenated alkanes) is 1. The summed E-state index contributed by atoms with van der Waals surface area (Å²) in [6, 6.07) is 16.4. The quantitative estimate of drug-likeness (QED) is 0.300. The molecular weight excluding hydrogens is 356 g/mol. The lowest BCUT2D eigenvalue weighted by atomic mass is 10.2. The van der Waals surface area contributed by atoms with Crippen molar-refractivity contribution in [2.75, 3.05) is 6.61 Å². The van der Waals surface area contributed by atoms with Crippen molar-refractivity contribution in [3.05, 3.63) is 71.5 Å². The summed E-state index contributed by atoms with van der Waals surface area (Å²) < 4.78 is 7.38.